The van der Waals surface area contributed by atoms with Gasteiger partial charge < -0.3 is 23.5 Å². The molecule has 0 aliphatic rings. The summed E-state index contributed by atoms with van der Waals surface area (Å²) in [6.45, 7) is 0. The van der Waals surface area contributed by atoms with E-state index in [4.69, 9.17) is 23.5 Å². The zero-order valence-corrected chi connectivity index (χ0v) is 20.1. The maximum absolute atomic E-state index is 13.4. The lowest BCUT2D eigenvalue weighted by Crippen LogP contribution is -2.18. The van der Waals surface area contributed by atoms with E-state index in [0.717, 1.165) is 0 Å². The van der Waals surface area contributed by atoms with Crippen molar-refractivity contribution in [3.63, 3.8) is 0 Å². The van der Waals surface area contributed by atoms with E-state index in [9.17, 15) is 4.79 Å². The maximum Gasteiger partial charge on any atom is 0.262 e. The van der Waals surface area contributed by atoms with Gasteiger partial charge in [-0.1, -0.05) is 29.4 Å². The average Bonchev–Trinajstić information content (AvgIpc) is 3.42. The minimum atomic E-state index is -0.174. The van der Waals surface area contributed by atoms with Gasteiger partial charge in [0.05, 0.1) is 39.7 Å². The SMILES string of the molecule is COc1cccc(-n2cc(-c3nc(-c4cc(OC)c(OC)c(OC)c4)no3)c3ccccc3c2=O)c1. The van der Waals surface area contributed by atoms with Gasteiger partial charge in [0.1, 0.15) is 5.75 Å². The first kappa shape index (κ1) is 23.0. The molecular formula is C27H23N3O6. The summed E-state index contributed by atoms with van der Waals surface area (Å²) in [5.74, 6) is 2.62. The Morgan fingerprint density at radius 2 is 1.53 bits per heavy atom. The molecular weight excluding hydrogens is 462 g/mol. The molecule has 182 valence electrons. The van der Waals surface area contributed by atoms with Gasteiger partial charge in [0.25, 0.3) is 11.4 Å². The van der Waals surface area contributed by atoms with E-state index < -0.39 is 0 Å². The number of rotatable bonds is 7. The maximum atomic E-state index is 13.4. The molecule has 0 amide bonds. The molecule has 2 aromatic heterocycles. The topological polar surface area (TPSA) is 97.8 Å². The highest BCUT2D eigenvalue weighted by Gasteiger charge is 2.20. The number of ether oxygens (including phenoxy) is 4. The van der Waals surface area contributed by atoms with E-state index in [1.807, 2.05) is 36.4 Å². The van der Waals surface area contributed by atoms with E-state index in [-0.39, 0.29) is 11.4 Å². The normalized spacial score (nSPS) is 10.9. The summed E-state index contributed by atoms with van der Waals surface area (Å²) in [6, 6.07) is 18.0. The number of fused-ring (bicyclic) bond motifs is 1. The number of hydrogen-bond acceptors (Lipinski definition) is 8. The molecule has 0 aliphatic carbocycles. The Balaban J connectivity index is 1.68. The lowest BCUT2D eigenvalue weighted by atomic mass is 10.1. The van der Waals surface area contributed by atoms with Crippen molar-refractivity contribution in [1.82, 2.24) is 14.7 Å². The van der Waals surface area contributed by atoms with Crippen LogP contribution < -0.4 is 24.5 Å². The first-order valence-corrected chi connectivity index (χ1v) is 11.0. The van der Waals surface area contributed by atoms with E-state index in [1.165, 1.54) is 21.3 Å². The molecule has 0 N–H and O–H groups in total. The minimum absolute atomic E-state index is 0.174. The lowest BCUT2D eigenvalue weighted by molar-refractivity contribution is 0.324. The zero-order chi connectivity index (χ0) is 25.2. The Morgan fingerprint density at radius 1 is 0.806 bits per heavy atom. The fourth-order valence-electron chi connectivity index (χ4n) is 4.07. The molecule has 5 rings (SSSR count). The molecule has 0 radical (unpaired) electrons. The molecule has 36 heavy (non-hydrogen) atoms. The summed E-state index contributed by atoms with van der Waals surface area (Å²) < 4.78 is 28.9. The molecule has 0 spiro atoms. The van der Waals surface area contributed by atoms with Crippen molar-refractivity contribution in [2.45, 2.75) is 0 Å². The monoisotopic (exact) mass is 485 g/mol. The van der Waals surface area contributed by atoms with Crippen molar-refractivity contribution < 1.29 is 23.5 Å². The van der Waals surface area contributed by atoms with Crippen molar-refractivity contribution in [3.05, 3.63) is 77.2 Å². The summed E-state index contributed by atoms with van der Waals surface area (Å²) in [4.78, 5) is 18.0. The molecule has 0 bridgehead atoms. The Bertz CT molecular complexity index is 1600. The van der Waals surface area contributed by atoms with Gasteiger partial charge in [0, 0.05) is 28.6 Å². The third-order valence-corrected chi connectivity index (χ3v) is 5.84. The third kappa shape index (κ3) is 3.90. The van der Waals surface area contributed by atoms with Crippen LogP contribution in [0, 0.1) is 0 Å². The van der Waals surface area contributed by atoms with Crippen LogP contribution in [0.3, 0.4) is 0 Å². The summed E-state index contributed by atoms with van der Waals surface area (Å²) >= 11 is 0. The van der Waals surface area contributed by atoms with Crippen molar-refractivity contribution in [2.24, 2.45) is 0 Å². The highest BCUT2D eigenvalue weighted by molar-refractivity contribution is 5.94. The summed E-state index contributed by atoms with van der Waals surface area (Å²) in [5.41, 5.74) is 1.70. The molecule has 2 heterocycles. The number of methoxy groups -OCH3 is 4. The second kappa shape index (κ2) is 9.46. The molecule has 0 atom stereocenters. The molecule has 0 unspecified atom stereocenters. The second-order valence-corrected chi connectivity index (χ2v) is 7.80. The standard InChI is InChI=1S/C27H23N3O6/c1-32-18-9-7-8-17(14-18)30-15-21(19-10-5-6-11-20(19)27(30)31)26-28-25(29-36-26)16-12-22(33-2)24(35-4)23(13-16)34-3/h5-15H,1-4H3. The smallest absolute Gasteiger partial charge is 0.262 e. The van der Waals surface area contributed by atoms with Crippen molar-refractivity contribution in [3.8, 4) is 51.5 Å². The number of pyridine rings is 1. The first-order chi connectivity index (χ1) is 17.6. The number of benzene rings is 3. The summed E-state index contributed by atoms with van der Waals surface area (Å²) in [6.07, 6.45) is 1.70. The molecule has 3 aromatic carbocycles. The van der Waals surface area contributed by atoms with Gasteiger partial charge in [0.2, 0.25) is 11.6 Å². The number of nitrogens with zero attached hydrogens (tertiary/aromatic N) is 3. The lowest BCUT2D eigenvalue weighted by Gasteiger charge is -2.12. The van der Waals surface area contributed by atoms with Crippen LogP contribution in [0.25, 0.3) is 39.3 Å². The molecule has 0 aliphatic heterocycles. The fraction of sp³-hybridized carbons (Fsp3) is 0.148. The summed E-state index contributed by atoms with van der Waals surface area (Å²) in [7, 11) is 6.19. The second-order valence-electron chi connectivity index (χ2n) is 7.80. The van der Waals surface area contributed by atoms with Crippen LogP contribution in [0.15, 0.2) is 76.2 Å². The summed E-state index contributed by atoms with van der Waals surface area (Å²) in [5, 5.41) is 5.40. The molecule has 9 heteroatoms. The largest absolute Gasteiger partial charge is 0.497 e. The average molecular weight is 485 g/mol. The molecule has 0 saturated carbocycles. The van der Waals surface area contributed by atoms with E-state index in [1.54, 1.807) is 42.1 Å². The van der Waals surface area contributed by atoms with Gasteiger partial charge in [-0.3, -0.25) is 9.36 Å². The van der Waals surface area contributed by atoms with E-state index >= 15 is 0 Å². The van der Waals surface area contributed by atoms with E-state index in [0.29, 0.717) is 56.4 Å². The third-order valence-electron chi connectivity index (χ3n) is 5.84. The van der Waals surface area contributed by atoms with Gasteiger partial charge in [-0.15, -0.1) is 0 Å². The van der Waals surface area contributed by atoms with Crippen LogP contribution in [0.1, 0.15) is 0 Å². The Labute approximate surface area is 206 Å². The van der Waals surface area contributed by atoms with Gasteiger partial charge >= 0.3 is 0 Å². The van der Waals surface area contributed by atoms with Gasteiger partial charge in [-0.2, -0.15) is 4.98 Å². The quantitative estimate of drug-likeness (QED) is 0.326. The minimum Gasteiger partial charge on any atom is -0.497 e. The van der Waals surface area contributed by atoms with Crippen LogP contribution in [-0.2, 0) is 0 Å². The van der Waals surface area contributed by atoms with Crippen LogP contribution >= 0.6 is 0 Å². The predicted molar refractivity (Wildman–Crippen MR) is 134 cm³/mol. The Morgan fingerprint density at radius 3 is 2.19 bits per heavy atom. The number of hydrogen-bond donors (Lipinski definition) is 0. The predicted octanol–water partition coefficient (Wildman–Crippen LogP) is 4.74. The first-order valence-electron chi connectivity index (χ1n) is 11.0. The van der Waals surface area contributed by atoms with Gasteiger partial charge in [-0.05, 0) is 30.3 Å². The van der Waals surface area contributed by atoms with Crippen molar-refractivity contribution >= 4 is 10.8 Å². The molecule has 5 aromatic rings. The fourth-order valence-corrected chi connectivity index (χ4v) is 4.07. The van der Waals surface area contributed by atoms with Crippen molar-refractivity contribution in [2.75, 3.05) is 28.4 Å². The van der Waals surface area contributed by atoms with Gasteiger partial charge in [-0.25, -0.2) is 0 Å². The van der Waals surface area contributed by atoms with Crippen LogP contribution in [0.4, 0.5) is 0 Å². The molecule has 0 fully saturated rings. The Hall–Kier alpha value is -4.79. The zero-order valence-electron chi connectivity index (χ0n) is 20.1. The van der Waals surface area contributed by atoms with Crippen LogP contribution in [0.2, 0.25) is 0 Å². The van der Waals surface area contributed by atoms with Crippen molar-refractivity contribution in [1.29, 1.82) is 0 Å². The van der Waals surface area contributed by atoms with Crippen LogP contribution in [0.5, 0.6) is 23.0 Å². The van der Waals surface area contributed by atoms with Crippen LogP contribution in [-0.4, -0.2) is 43.1 Å². The van der Waals surface area contributed by atoms with E-state index in [2.05, 4.69) is 10.1 Å². The number of aromatic nitrogens is 3. The highest BCUT2D eigenvalue weighted by atomic mass is 16.5. The molecule has 0 saturated heterocycles. The Kier molecular flexibility index (Phi) is 6.03. The highest BCUT2D eigenvalue weighted by Crippen LogP contribution is 2.41. The van der Waals surface area contributed by atoms with Gasteiger partial charge in [0.15, 0.2) is 11.5 Å². The molecule has 9 nitrogen and oxygen atoms in total.